The molecule has 2 aromatic rings. The van der Waals surface area contributed by atoms with Crippen LogP contribution in [0.2, 0.25) is 0 Å². The summed E-state index contributed by atoms with van der Waals surface area (Å²) in [5, 5.41) is 22.2. The zero-order valence-corrected chi connectivity index (χ0v) is 19.9. The molecule has 2 aromatic carbocycles. The summed E-state index contributed by atoms with van der Waals surface area (Å²) in [7, 11) is 0. The Morgan fingerprint density at radius 1 is 0.656 bits per heavy atom. The Labute approximate surface area is 201 Å². The average Bonchev–Trinajstić information content (AvgIpc) is 2.71. The van der Waals surface area contributed by atoms with Gasteiger partial charge >= 0.3 is 11.9 Å². The number of rotatable bonds is 8. The van der Waals surface area contributed by atoms with E-state index in [4.69, 9.17) is 10.2 Å². The van der Waals surface area contributed by atoms with Crippen molar-refractivity contribution in [1.82, 2.24) is 0 Å². The lowest BCUT2D eigenvalue weighted by atomic mass is 10.2. The SMILES string of the molecule is C=C(CC(=O)Nc1ccc(Br)cc1)C(=O)O.C=C(CC(=O)Nc1ccc(Br)cc1)C(=O)O. The number of nitrogens with one attached hydrogen (secondary N) is 2. The summed E-state index contributed by atoms with van der Waals surface area (Å²) in [4.78, 5) is 43.6. The number of aliphatic carboxylic acids is 2. The molecule has 2 amide bonds. The maximum atomic E-state index is 11.4. The first-order valence-electron chi connectivity index (χ1n) is 8.91. The number of anilines is 2. The van der Waals surface area contributed by atoms with E-state index in [1.54, 1.807) is 48.5 Å². The Kier molecular flexibility index (Phi) is 11.1. The normalized spacial score (nSPS) is 9.56. The van der Waals surface area contributed by atoms with E-state index >= 15 is 0 Å². The summed E-state index contributed by atoms with van der Waals surface area (Å²) in [5.41, 5.74) is 0.974. The van der Waals surface area contributed by atoms with Crippen LogP contribution in [0.4, 0.5) is 11.4 Å². The van der Waals surface area contributed by atoms with E-state index in [9.17, 15) is 19.2 Å². The van der Waals surface area contributed by atoms with Crippen molar-refractivity contribution in [2.75, 3.05) is 10.6 Å². The molecule has 0 aliphatic heterocycles. The minimum absolute atomic E-state index is 0.130. The molecule has 8 nitrogen and oxygen atoms in total. The van der Waals surface area contributed by atoms with Crippen LogP contribution in [-0.4, -0.2) is 34.0 Å². The Hall–Kier alpha value is -3.24. The summed E-state index contributed by atoms with van der Waals surface area (Å²) in [6.07, 6.45) is -0.434. The third-order valence-corrected chi connectivity index (χ3v) is 4.67. The minimum atomic E-state index is -1.16. The predicted molar refractivity (Wildman–Crippen MR) is 128 cm³/mol. The van der Waals surface area contributed by atoms with E-state index in [1.165, 1.54) is 0 Å². The largest absolute Gasteiger partial charge is 0.478 e. The molecule has 0 aliphatic carbocycles. The van der Waals surface area contributed by atoms with E-state index < -0.39 is 23.8 Å². The lowest BCUT2D eigenvalue weighted by molar-refractivity contribution is -0.134. The number of hydrogen-bond donors (Lipinski definition) is 4. The lowest BCUT2D eigenvalue weighted by Crippen LogP contribution is -2.14. The zero-order chi connectivity index (χ0) is 24.3. The maximum absolute atomic E-state index is 11.4. The number of benzene rings is 2. The molecular weight excluding hydrogens is 548 g/mol. The molecule has 0 aromatic heterocycles. The van der Waals surface area contributed by atoms with Crippen LogP contribution in [0, 0.1) is 0 Å². The molecule has 0 saturated carbocycles. The fourth-order valence-corrected chi connectivity index (χ4v) is 2.54. The van der Waals surface area contributed by atoms with Crippen LogP contribution in [0.5, 0.6) is 0 Å². The van der Waals surface area contributed by atoms with Gasteiger partial charge in [0.1, 0.15) is 0 Å². The molecule has 4 N–H and O–H groups in total. The highest BCUT2D eigenvalue weighted by atomic mass is 79.9. The smallest absolute Gasteiger partial charge is 0.331 e. The van der Waals surface area contributed by atoms with Gasteiger partial charge in [-0.3, -0.25) is 9.59 Å². The molecule has 0 unspecified atom stereocenters. The molecule has 0 spiro atoms. The second kappa shape index (κ2) is 13.2. The van der Waals surface area contributed by atoms with Crippen molar-refractivity contribution >= 4 is 67.0 Å². The summed E-state index contributed by atoms with van der Waals surface area (Å²) in [5.74, 6) is -3.11. The van der Waals surface area contributed by atoms with Gasteiger partial charge in [0.05, 0.1) is 12.8 Å². The minimum Gasteiger partial charge on any atom is -0.478 e. The van der Waals surface area contributed by atoms with Crippen molar-refractivity contribution in [2.24, 2.45) is 0 Å². The van der Waals surface area contributed by atoms with Gasteiger partial charge in [-0.15, -0.1) is 0 Å². The molecule has 0 bridgehead atoms. The van der Waals surface area contributed by atoms with Crippen molar-refractivity contribution in [2.45, 2.75) is 12.8 Å². The van der Waals surface area contributed by atoms with Gasteiger partial charge in [-0.25, -0.2) is 9.59 Å². The fourth-order valence-electron chi connectivity index (χ4n) is 2.02. The number of carboxylic acids is 2. The lowest BCUT2D eigenvalue weighted by Gasteiger charge is -2.04. The topological polar surface area (TPSA) is 133 Å². The predicted octanol–water partition coefficient (Wildman–Crippen LogP) is 4.84. The van der Waals surface area contributed by atoms with E-state index in [1.807, 2.05) is 0 Å². The van der Waals surface area contributed by atoms with Gasteiger partial charge in [0.15, 0.2) is 0 Å². The van der Waals surface area contributed by atoms with Crippen molar-refractivity contribution in [3.05, 3.63) is 81.8 Å². The monoisotopic (exact) mass is 566 g/mol. The van der Waals surface area contributed by atoms with Crippen LogP contribution < -0.4 is 10.6 Å². The third kappa shape index (κ3) is 10.7. The van der Waals surface area contributed by atoms with Crippen molar-refractivity contribution in [1.29, 1.82) is 0 Å². The summed E-state index contributed by atoms with van der Waals surface area (Å²) in [6, 6.07) is 14.0. The summed E-state index contributed by atoms with van der Waals surface area (Å²) in [6.45, 7) is 6.56. The first-order chi connectivity index (χ1) is 15.0. The highest BCUT2D eigenvalue weighted by Gasteiger charge is 2.11. The fraction of sp³-hybridized carbons (Fsp3) is 0.0909. The Morgan fingerprint density at radius 3 is 1.19 bits per heavy atom. The first-order valence-corrected chi connectivity index (χ1v) is 10.5. The number of carbonyl (C=O) groups is 4. The Morgan fingerprint density at radius 2 is 0.938 bits per heavy atom. The van der Waals surface area contributed by atoms with Gasteiger partial charge in [0.2, 0.25) is 11.8 Å². The molecule has 0 saturated heterocycles. The van der Waals surface area contributed by atoms with Gasteiger partial charge in [-0.05, 0) is 48.5 Å². The molecule has 0 aliphatic rings. The molecule has 0 radical (unpaired) electrons. The highest BCUT2D eigenvalue weighted by Crippen LogP contribution is 2.15. The second-order valence-electron chi connectivity index (χ2n) is 6.28. The number of carbonyl (C=O) groups excluding carboxylic acids is 2. The Bertz CT molecular complexity index is 934. The van der Waals surface area contributed by atoms with Gasteiger partial charge in [0.25, 0.3) is 0 Å². The molecular formula is C22H20Br2N2O6. The highest BCUT2D eigenvalue weighted by molar-refractivity contribution is 9.10. The molecule has 2 rings (SSSR count). The van der Waals surface area contributed by atoms with Crippen LogP contribution in [0.1, 0.15) is 12.8 Å². The van der Waals surface area contributed by atoms with Gasteiger partial charge < -0.3 is 20.8 Å². The van der Waals surface area contributed by atoms with Crippen molar-refractivity contribution in [3.8, 4) is 0 Å². The van der Waals surface area contributed by atoms with Gasteiger partial charge in [0, 0.05) is 31.5 Å². The van der Waals surface area contributed by atoms with E-state index in [0.717, 1.165) is 8.95 Å². The molecule has 0 heterocycles. The second-order valence-corrected chi connectivity index (χ2v) is 8.11. The number of carboxylic acid groups (broad SMARTS) is 2. The van der Waals surface area contributed by atoms with Crippen molar-refractivity contribution in [3.63, 3.8) is 0 Å². The van der Waals surface area contributed by atoms with Crippen LogP contribution >= 0.6 is 31.9 Å². The van der Waals surface area contributed by atoms with Gasteiger partial charge in [-0.2, -0.15) is 0 Å². The van der Waals surface area contributed by atoms with E-state index in [2.05, 4.69) is 55.7 Å². The van der Waals surface area contributed by atoms with Crippen LogP contribution in [0.3, 0.4) is 0 Å². The van der Waals surface area contributed by atoms with Crippen LogP contribution in [0.15, 0.2) is 81.8 Å². The molecule has 0 fully saturated rings. The zero-order valence-electron chi connectivity index (χ0n) is 16.7. The Balaban J connectivity index is 0.000000320. The van der Waals surface area contributed by atoms with E-state index in [-0.39, 0.29) is 24.0 Å². The number of hydrogen-bond acceptors (Lipinski definition) is 4. The van der Waals surface area contributed by atoms with Gasteiger partial charge in [-0.1, -0.05) is 45.0 Å². The summed E-state index contributed by atoms with van der Waals surface area (Å²) >= 11 is 6.53. The number of halogens is 2. The average molecular weight is 568 g/mol. The molecule has 168 valence electrons. The molecule has 0 atom stereocenters. The molecule has 10 heteroatoms. The van der Waals surface area contributed by atoms with Crippen molar-refractivity contribution < 1.29 is 29.4 Å². The first kappa shape index (κ1) is 26.8. The maximum Gasteiger partial charge on any atom is 0.331 e. The number of amides is 2. The third-order valence-electron chi connectivity index (χ3n) is 3.61. The summed E-state index contributed by atoms with van der Waals surface area (Å²) < 4.78 is 1.81. The molecule has 32 heavy (non-hydrogen) atoms. The quantitative estimate of drug-likeness (QED) is 0.337. The van der Waals surface area contributed by atoms with Crippen LogP contribution in [0.25, 0.3) is 0 Å². The van der Waals surface area contributed by atoms with Crippen LogP contribution in [-0.2, 0) is 19.2 Å². The standard InChI is InChI=1S/2C11H10BrNO3/c2*1-7(11(15)16)6-10(14)13-9-4-2-8(12)3-5-9/h2*2-5H,1,6H2,(H,13,14)(H,15,16). The van der Waals surface area contributed by atoms with E-state index in [0.29, 0.717) is 11.4 Å².